The van der Waals surface area contributed by atoms with Crippen LogP contribution in [0.5, 0.6) is 5.88 Å². The second kappa shape index (κ2) is 4.71. The molecule has 1 amide bonds. The van der Waals surface area contributed by atoms with Crippen LogP contribution in [0.3, 0.4) is 0 Å². The molecule has 1 unspecified atom stereocenters. The Kier molecular flexibility index (Phi) is 2.90. The lowest BCUT2D eigenvalue weighted by molar-refractivity contribution is 0.0831. The molecular weight excluding hydrogens is 250 g/mol. The molecule has 0 aromatic carbocycles. The van der Waals surface area contributed by atoms with Crippen molar-refractivity contribution in [2.45, 2.75) is 0 Å². The smallest absolute Gasteiger partial charge is 0.407 e. The molecule has 100 valence electrons. The number of carbonyl (C=O) groups is 1. The summed E-state index contributed by atoms with van der Waals surface area (Å²) in [6.45, 7) is 1.31. The standard InChI is InChI=1S/C11H13N5O3/c1-16-9-8(3-15-16)10(14-6-13-9)18-4-7-2-12-11(17)19-5-7/h3,6-7H,2,4-5H2,1H3,(H,12,17). The van der Waals surface area contributed by atoms with Gasteiger partial charge >= 0.3 is 6.09 Å². The second-order valence-corrected chi connectivity index (χ2v) is 4.34. The van der Waals surface area contributed by atoms with Crippen molar-refractivity contribution in [2.75, 3.05) is 19.8 Å². The fourth-order valence-electron chi connectivity index (χ4n) is 1.89. The molecule has 1 aliphatic rings. The number of ether oxygens (including phenoxy) is 2. The van der Waals surface area contributed by atoms with Crippen molar-refractivity contribution in [3.8, 4) is 5.88 Å². The summed E-state index contributed by atoms with van der Waals surface area (Å²) < 4.78 is 12.2. The number of hydrogen-bond acceptors (Lipinski definition) is 6. The Morgan fingerprint density at radius 3 is 3.26 bits per heavy atom. The number of rotatable bonds is 3. The van der Waals surface area contributed by atoms with E-state index < -0.39 is 0 Å². The van der Waals surface area contributed by atoms with E-state index in [-0.39, 0.29) is 12.0 Å². The molecule has 0 aliphatic carbocycles. The average Bonchev–Trinajstić information content (AvgIpc) is 2.81. The van der Waals surface area contributed by atoms with Crippen LogP contribution in [-0.2, 0) is 11.8 Å². The van der Waals surface area contributed by atoms with Gasteiger partial charge in [0, 0.05) is 19.5 Å². The highest BCUT2D eigenvalue weighted by molar-refractivity contribution is 5.79. The number of nitrogens with one attached hydrogen (secondary N) is 1. The zero-order valence-corrected chi connectivity index (χ0v) is 10.4. The Hall–Kier alpha value is -2.38. The quantitative estimate of drug-likeness (QED) is 0.844. The second-order valence-electron chi connectivity index (χ2n) is 4.34. The molecule has 2 aromatic heterocycles. The van der Waals surface area contributed by atoms with E-state index in [4.69, 9.17) is 9.47 Å². The van der Waals surface area contributed by atoms with Gasteiger partial charge in [-0.15, -0.1) is 0 Å². The summed E-state index contributed by atoms with van der Waals surface area (Å²) in [5, 5.41) is 7.50. The molecule has 8 heteroatoms. The Bertz CT molecular complexity index is 601. The highest BCUT2D eigenvalue weighted by atomic mass is 16.6. The molecule has 3 heterocycles. The fourth-order valence-corrected chi connectivity index (χ4v) is 1.89. The van der Waals surface area contributed by atoms with E-state index in [1.165, 1.54) is 6.33 Å². The summed E-state index contributed by atoms with van der Waals surface area (Å²) in [4.78, 5) is 19.1. The molecular formula is C11H13N5O3. The molecule has 2 aromatic rings. The maximum Gasteiger partial charge on any atom is 0.407 e. The molecule has 1 atom stereocenters. The van der Waals surface area contributed by atoms with E-state index in [2.05, 4.69) is 20.4 Å². The number of fused-ring (bicyclic) bond motifs is 1. The first kappa shape index (κ1) is 11.7. The van der Waals surface area contributed by atoms with Gasteiger partial charge in [0.15, 0.2) is 5.65 Å². The summed E-state index contributed by atoms with van der Waals surface area (Å²) >= 11 is 0. The SMILES string of the molecule is Cn1ncc2c(OCC3CNC(=O)OC3)ncnc21. The molecule has 1 aliphatic heterocycles. The molecule has 0 spiro atoms. The van der Waals surface area contributed by atoms with Crippen molar-refractivity contribution in [3.63, 3.8) is 0 Å². The fraction of sp³-hybridized carbons (Fsp3) is 0.455. The van der Waals surface area contributed by atoms with Gasteiger partial charge in [0.05, 0.1) is 12.8 Å². The van der Waals surface area contributed by atoms with Gasteiger partial charge in [-0.1, -0.05) is 0 Å². The highest BCUT2D eigenvalue weighted by Crippen LogP contribution is 2.20. The normalized spacial score (nSPS) is 19.0. The van der Waals surface area contributed by atoms with Gasteiger partial charge in [0.1, 0.15) is 18.3 Å². The third-order valence-electron chi connectivity index (χ3n) is 2.93. The minimum absolute atomic E-state index is 0.111. The number of aromatic nitrogens is 4. The summed E-state index contributed by atoms with van der Waals surface area (Å²) in [6.07, 6.45) is 2.73. The number of hydrogen-bond donors (Lipinski definition) is 1. The molecule has 1 fully saturated rings. The third-order valence-corrected chi connectivity index (χ3v) is 2.93. The zero-order chi connectivity index (χ0) is 13.2. The number of amides is 1. The van der Waals surface area contributed by atoms with Gasteiger partial charge in [-0.3, -0.25) is 4.68 Å². The number of nitrogens with zero attached hydrogens (tertiary/aromatic N) is 4. The van der Waals surface area contributed by atoms with Crippen molar-refractivity contribution < 1.29 is 14.3 Å². The summed E-state index contributed by atoms with van der Waals surface area (Å²) in [7, 11) is 1.81. The van der Waals surface area contributed by atoms with Crippen LogP contribution in [-0.4, -0.2) is 45.6 Å². The summed E-state index contributed by atoms with van der Waals surface area (Å²) in [5.74, 6) is 0.606. The van der Waals surface area contributed by atoms with Crippen LogP contribution in [0, 0.1) is 5.92 Å². The lowest BCUT2D eigenvalue weighted by atomic mass is 10.1. The monoisotopic (exact) mass is 263 g/mol. The topological polar surface area (TPSA) is 91.2 Å². The van der Waals surface area contributed by atoms with Crippen molar-refractivity contribution in [3.05, 3.63) is 12.5 Å². The van der Waals surface area contributed by atoms with E-state index >= 15 is 0 Å². The van der Waals surface area contributed by atoms with Crippen LogP contribution in [0.4, 0.5) is 4.79 Å². The van der Waals surface area contributed by atoms with Crippen LogP contribution >= 0.6 is 0 Å². The number of carbonyl (C=O) groups excluding carboxylic acids is 1. The molecule has 3 rings (SSSR count). The molecule has 0 saturated carbocycles. The minimum Gasteiger partial charge on any atom is -0.477 e. The van der Waals surface area contributed by atoms with E-state index in [1.807, 2.05) is 7.05 Å². The largest absolute Gasteiger partial charge is 0.477 e. The molecule has 1 N–H and O–H groups in total. The van der Waals surface area contributed by atoms with E-state index in [1.54, 1.807) is 10.9 Å². The van der Waals surface area contributed by atoms with Crippen molar-refractivity contribution >= 4 is 17.1 Å². The average molecular weight is 263 g/mol. The zero-order valence-electron chi connectivity index (χ0n) is 10.4. The maximum absolute atomic E-state index is 10.9. The van der Waals surface area contributed by atoms with E-state index in [0.717, 1.165) is 11.0 Å². The Balaban J connectivity index is 1.70. The van der Waals surface area contributed by atoms with Crippen LogP contribution < -0.4 is 10.1 Å². The lowest BCUT2D eigenvalue weighted by Crippen LogP contribution is -2.41. The lowest BCUT2D eigenvalue weighted by Gasteiger charge is -2.22. The van der Waals surface area contributed by atoms with Gasteiger partial charge in [0.25, 0.3) is 0 Å². The first-order chi connectivity index (χ1) is 9.24. The first-order valence-electron chi connectivity index (χ1n) is 5.90. The Morgan fingerprint density at radius 2 is 2.47 bits per heavy atom. The van der Waals surface area contributed by atoms with Crippen molar-refractivity contribution in [1.29, 1.82) is 0 Å². The maximum atomic E-state index is 10.9. The molecule has 1 saturated heterocycles. The van der Waals surface area contributed by atoms with Crippen LogP contribution in [0.15, 0.2) is 12.5 Å². The number of cyclic esters (lactones) is 1. The van der Waals surface area contributed by atoms with Gasteiger partial charge in [-0.05, 0) is 0 Å². The van der Waals surface area contributed by atoms with Crippen LogP contribution in [0.1, 0.15) is 0 Å². The molecule has 8 nitrogen and oxygen atoms in total. The molecule has 19 heavy (non-hydrogen) atoms. The van der Waals surface area contributed by atoms with Crippen LogP contribution in [0.25, 0.3) is 11.0 Å². The van der Waals surface area contributed by atoms with E-state index in [9.17, 15) is 4.79 Å². The predicted molar refractivity (Wildman–Crippen MR) is 64.6 cm³/mol. The minimum atomic E-state index is -0.382. The molecule has 0 bridgehead atoms. The first-order valence-corrected chi connectivity index (χ1v) is 5.90. The summed E-state index contributed by atoms with van der Waals surface area (Å²) in [5.41, 5.74) is 0.721. The molecule has 0 radical (unpaired) electrons. The third kappa shape index (κ3) is 2.28. The number of aryl methyl sites for hydroxylation is 1. The highest BCUT2D eigenvalue weighted by Gasteiger charge is 2.20. The Morgan fingerprint density at radius 1 is 1.58 bits per heavy atom. The summed E-state index contributed by atoms with van der Waals surface area (Å²) in [6, 6.07) is 0. The van der Waals surface area contributed by atoms with Gasteiger partial charge in [0.2, 0.25) is 5.88 Å². The van der Waals surface area contributed by atoms with Gasteiger partial charge < -0.3 is 14.8 Å². The van der Waals surface area contributed by atoms with Crippen molar-refractivity contribution in [2.24, 2.45) is 13.0 Å². The van der Waals surface area contributed by atoms with E-state index in [0.29, 0.717) is 25.6 Å². The predicted octanol–water partition coefficient (Wildman–Crippen LogP) is 0.0981. The number of alkyl carbamates (subject to hydrolysis) is 1. The van der Waals surface area contributed by atoms with Gasteiger partial charge in [-0.25, -0.2) is 14.8 Å². The van der Waals surface area contributed by atoms with Gasteiger partial charge in [-0.2, -0.15) is 5.10 Å². The Labute approximate surface area is 108 Å². The van der Waals surface area contributed by atoms with Crippen molar-refractivity contribution in [1.82, 2.24) is 25.1 Å². The van der Waals surface area contributed by atoms with Crippen LogP contribution in [0.2, 0.25) is 0 Å².